The molecular weight excluding hydrogens is 559 g/mol. The smallest absolute Gasteiger partial charge is 0.416 e. The van der Waals surface area contributed by atoms with Crippen LogP contribution in [0, 0.1) is 20.2 Å². The quantitative estimate of drug-likeness (QED) is 0.150. The van der Waals surface area contributed by atoms with Crippen LogP contribution in [-0.2, 0) is 17.8 Å². The first-order valence-corrected chi connectivity index (χ1v) is 10.0. The molecule has 17 heteroatoms. The highest BCUT2D eigenvalue weighted by molar-refractivity contribution is 5.62. The van der Waals surface area contributed by atoms with Crippen LogP contribution in [0.2, 0.25) is 0 Å². The molecule has 0 saturated carbocycles. The Hall–Kier alpha value is -4.57. The topological polar surface area (TPSA) is 127 Å². The van der Waals surface area contributed by atoms with Gasteiger partial charge in [-0.25, -0.2) is 0 Å². The van der Waals surface area contributed by atoms with Crippen LogP contribution in [0.1, 0.15) is 27.8 Å². The highest BCUT2D eigenvalue weighted by Gasteiger charge is 2.60. The average Bonchev–Trinajstić information content (AvgIpc) is 2.78. The van der Waals surface area contributed by atoms with Crippen molar-refractivity contribution < 1.29 is 59.6 Å². The van der Waals surface area contributed by atoms with Gasteiger partial charge in [0, 0.05) is 12.1 Å². The van der Waals surface area contributed by atoms with Crippen molar-refractivity contribution in [3.05, 3.63) is 103 Å². The second-order valence-electron chi connectivity index (χ2n) is 7.96. The Morgan fingerprint density at radius 3 is 1.15 bits per heavy atom. The van der Waals surface area contributed by atoms with Crippen LogP contribution in [-0.4, -0.2) is 26.2 Å². The normalized spacial score (nSPS) is 12.8. The first kappa shape index (κ1) is 29.0. The minimum absolute atomic E-state index is 0.0645. The second kappa shape index (κ2) is 9.32. The first-order chi connectivity index (χ1) is 17.7. The number of phenols is 2. The zero-order chi connectivity index (χ0) is 29.7. The van der Waals surface area contributed by atoms with Gasteiger partial charge >= 0.3 is 29.9 Å². The van der Waals surface area contributed by atoms with Crippen molar-refractivity contribution in [1.29, 1.82) is 0 Å². The lowest BCUT2D eigenvalue weighted by Gasteiger charge is -2.38. The summed E-state index contributed by atoms with van der Waals surface area (Å²) in [6, 6.07) is 0.514. The van der Waals surface area contributed by atoms with Gasteiger partial charge in [0.05, 0.1) is 21.0 Å². The van der Waals surface area contributed by atoms with Crippen LogP contribution in [0.5, 0.6) is 11.5 Å². The number of benzene rings is 3. The predicted octanol–water partition coefficient (Wildman–Crippen LogP) is 6.85. The first-order valence-electron chi connectivity index (χ1n) is 10.0. The van der Waals surface area contributed by atoms with Crippen LogP contribution < -0.4 is 0 Å². The molecule has 3 aromatic rings. The Morgan fingerprint density at radius 2 is 0.872 bits per heavy atom. The third-order valence-electron chi connectivity index (χ3n) is 5.66. The lowest BCUT2D eigenvalue weighted by atomic mass is 9.67. The summed E-state index contributed by atoms with van der Waals surface area (Å²) in [5.41, 5.74) is -15.8. The van der Waals surface area contributed by atoms with E-state index < -0.39 is 90.5 Å². The van der Waals surface area contributed by atoms with Crippen molar-refractivity contribution in [3.8, 4) is 11.5 Å². The van der Waals surface area contributed by atoms with E-state index in [-0.39, 0.29) is 24.3 Å². The van der Waals surface area contributed by atoms with Crippen molar-refractivity contribution in [2.75, 3.05) is 0 Å². The average molecular weight is 570 g/mol. The lowest BCUT2D eigenvalue weighted by molar-refractivity contribution is -0.386. The summed E-state index contributed by atoms with van der Waals surface area (Å²) >= 11 is 0. The molecule has 0 aliphatic heterocycles. The molecule has 0 fully saturated rings. The van der Waals surface area contributed by atoms with Gasteiger partial charge in [0.1, 0.15) is 5.41 Å². The van der Waals surface area contributed by atoms with Crippen LogP contribution >= 0.6 is 0 Å². The zero-order valence-corrected chi connectivity index (χ0v) is 18.5. The van der Waals surface area contributed by atoms with Gasteiger partial charge in [-0.1, -0.05) is 12.1 Å². The summed E-state index contributed by atoms with van der Waals surface area (Å²) in [4.78, 5) is 19.9. The van der Waals surface area contributed by atoms with E-state index in [2.05, 4.69) is 0 Å². The SMILES string of the molecule is O=[N+]([O-])c1cc(C(c2cc(C(F)(F)F)cc(C(F)(F)F)c2)(c2ccc(O)c([N+](=O)[O-])c2)C(F)(F)F)ccc1O. The van der Waals surface area contributed by atoms with Crippen molar-refractivity contribution >= 4 is 11.4 Å². The number of hydrogen-bond acceptors (Lipinski definition) is 6. The fraction of sp³-hybridized carbons (Fsp3) is 0.182. The Bertz CT molecular complexity index is 1370. The van der Waals surface area contributed by atoms with E-state index in [4.69, 9.17) is 0 Å². The number of nitro groups is 2. The highest BCUT2D eigenvalue weighted by Crippen LogP contribution is 2.54. The van der Waals surface area contributed by atoms with E-state index >= 15 is 13.2 Å². The van der Waals surface area contributed by atoms with Gasteiger partial charge in [0.15, 0.2) is 11.5 Å². The zero-order valence-electron chi connectivity index (χ0n) is 18.5. The molecule has 0 unspecified atom stereocenters. The molecule has 3 rings (SSSR count). The maximum absolute atomic E-state index is 15.1. The second-order valence-corrected chi connectivity index (χ2v) is 7.96. The van der Waals surface area contributed by atoms with Crippen LogP contribution in [0.15, 0.2) is 54.6 Å². The molecule has 0 heterocycles. The molecule has 0 saturated heterocycles. The summed E-state index contributed by atoms with van der Waals surface area (Å²) in [6.45, 7) is 0. The monoisotopic (exact) mass is 570 g/mol. The van der Waals surface area contributed by atoms with Gasteiger partial charge in [-0.05, 0) is 47.0 Å². The highest BCUT2D eigenvalue weighted by atomic mass is 19.4. The Labute approximate surface area is 209 Å². The number of rotatable bonds is 5. The van der Waals surface area contributed by atoms with Crippen molar-refractivity contribution in [2.45, 2.75) is 23.9 Å². The van der Waals surface area contributed by atoms with Crippen LogP contribution in [0.25, 0.3) is 0 Å². The molecule has 0 aromatic heterocycles. The van der Waals surface area contributed by atoms with E-state index in [1.54, 1.807) is 0 Å². The molecule has 0 aliphatic rings. The number of hydrogen-bond donors (Lipinski definition) is 2. The number of alkyl halides is 9. The number of halogens is 9. The Morgan fingerprint density at radius 1 is 0.538 bits per heavy atom. The molecule has 0 spiro atoms. The molecule has 3 aromatic carbocycles. The molecule has 208 valence electrons. The Balaban J connectivity index is 2.67. The van der Waals surface area contributed by atoms with Gasteiger partial charge in [0.25, 0.3) is 0 Å². The molecule has 0 amide bonds. The van der Waals surface area contributed by atoms with Gasteiger partial charge in [0.2, 0.25) is 0 Å². The van der Waals surface area contributed by atoms with E-state index in [1.807, 2.05) is 0 Å². The maximum atomic E-state index is 15.1. The molecule has 0 atom stereocenters. The van der Waals surface area contributed by atoms with Crippen molar-refractivity contribution in [3.63, 3.8) is 0 Å². The maximum Gasteiger partial charge on any atom is 0.416 e. The molecule has 0 radical (unpaired) electrons. The number of nitro benzene ring substituents is 2. The van der Waals surface area contributed by atoms with Crippen LogP contribution in [0.3, 0.4) is 0 Å². The number of nitrogens with zero attached hydrogens (tertiary/aromatic N) is 2. The fourth-order valence-electron chi connectivity index (χ4n) is 3.97. The largest absolute Gasteiger partial charge is 0.502 e. The summed E-state index contributed by atoms with van der Waals surface area (Å²) in [5, 5.41) is 42.1. The van der Waals surface area contributed by atoms with E-state index in [1.165, 1.54) is 0 Å². The minimum atomic E-state index is -5.93. The van der Waals surface area contributed by atoms with Crippen molar-refractivity contribution in [2.24, 2.45) is 0 Å². The third kappa shape index (κ3) is 5.10. The number of phenolic OH excluding ortho intramolecular Hbond substituents is 2. The molecule has 39 heavy (non-hydrogen) atoms. The molecule has 0 aliphatic carbocycles. The summed E-state index contributed by atoms with van der Waals surface area (Å²) in [6.07, 6.45) is -17.2. The predicted molar refractivity (Wildman–Crippen MR) is 112 cm³/mol. The summed E-state index contributed by atoms with van der Waals surface area (Å²) < 4.78 is 127. The molecule has 0 bridgehead atoms. The molecular formula is C22H11F9N2O6. The van der Waals surface area contributed by atoms with Gasteiger partial charge in [-0.2, -0.15) is 39.5 Å². The summed E-state index contributed by atoms with van der Waals surface area (Å²) in [7, 11) is 0. The fourth-order valence-corrected chi connectivity index (χ4v) is 3.97. The lowest BCUT2D eigenvalue weighted by Crippen LogP contribution is -2.45. The molecule has 2 N–H and O–H groups in total. The minimum Gasteiger partial charge on any atom is -0.502 e. The molecule has 8 nitrogen and oxygen atoms in total. The summed E-state index contributed by atoms with van der Waals surface area (Å²) in [5.74, 6) is -2.40. The van der Waals surface area contributed by atoms with E-state index in [0.717, 1.165) is 0 Å². The van der Waals surface area contributed by atoms with Gasteiger partial charge < -0.3 is 10.2 Å². The standard InChI is InChI=1S/C22H11F9N2O6/c23-20(24,25)13-5-12(6-14(7-13)21(26,27)28)19(22(29,30)31,10-1-3-17(34)15(8-10)32(36)37)11-2-4-18(35)16(9-11)33(38)39/h1-9,34-35H. The van der Waals surface area contributed by atoms with Crippen LogP contribution in [0.4, 0.5) is 50.9 Å². The third-order valence-corrected chi connectivity index (χ3v) is 5.66. The van der Waals surface area contributed by atoms with Gasteiger partial charge in [-0.3, -0.25) is 20.2 Å². The van der Waals surface area contributed by atoms with Gasteiger partial charge in [-0.15, -0.1) is 0 Å². The number of aromatic hydroxyl groups is 2. The van der Waals surface area contributed by atoms with Crippen molar-refractivity contribution in [1.82, 2.24) is 0 Å². The van der Waals surface area contributed by atoms with E-state index in [0.29, 0.717) is 24.3 Å². The van der Waals surface area contributed by atoms with E-state index in [9.17, 15) is 56.8 Å². The Kier molecular flexibility index (Phi) is 6.93.